The lowest BCUT2D eigenvalue weighted by atomic mass is 10.1. The van der Waals surface area contributed by atoms with Gasteiger partial charge in [-0.2, -0.15) is 5.10 Å². The van der Waals surface area contributed by atoms with E-state index in [1.807, 2.05) is 36.4 Å². The summed E-state index contributed by atoms with van der Waals surface area (Å²) in [6, 6.07) is 21.2. The summed E-state index contributed by atoms with van der Waals surface area (Å²) in [5, 5.41) is 6.02. The van der Waals surface area contributed by atoms with Crippen molar-refractivity contribution < 1.29 is 38.0 Å². The number of benzene rings is 4. The number of ether oxygens (including phenoxy) is 6. The van der Waals surface area contributed by atoms with Crippen molar-refractivity contribution >= 4 is 28.9 Å². The number of rotatable bonds is 8. The number of hydrogen-bond acceptors (Lipinski definition) is 9. The molecule has 1 unspecified atom stereocenters. The van der Waals surface area contributed by atoms with Crippen molar-refractivity contribution in [2.75, 3.05) is 27.9 Å². The molecule has 10 heteroatoms. The molecule has 10 nitrogen and oxygen atoms in total. The minimum Gasteiger partial charge on any atom is -0.493 e. The molecule has 4 aromatic rings. The number of carbonyl (C=O) groups is 2. The zero-order chi connectivity index (χ0) is 28.1. The second kappa shape index (κ2) is 11.6. The van der Waals surface area contributed by atoms with Gasteiger partial charge in [-0.1, -0.05) is 36.4 Å². The number of nitrogens with zero attached hydrogens (tertiary/aromatic N) is 1. The van der Waals surface area contributed by atoms with E-state index in [0.29, 0.717) is 34.3 Å². The zero-order valence-electron chi connectivity index (χ0n) is 22.0. The summed E-state index contributed by atoms with van der Waals surface area (Å²) in [6.07, 6.45) is 0.566. The number of amides is 1. The van der Waals surface area contributed by atoms with Crippen molar-refractivity contribution in [3.8, 4) is 34.5 Å². The van der Waals surface area contributed by atoms with Crippen LogP contribution in [0.4, 0.5) is 0 Å². The standard InChI is InChI=1S/C30H26N2O8/c1-35-25-14-21(15-26(36-2)28(25)37-3)30(34)39-22-10-6-7-18(11-22)16-31-32-29(33)27-17-38-23-12-19-8-4-5-9-20(19)13-24(23)40-27/h4-16,27H,17H2,1-3H3,(H,32,33). The van der Waals surface area contributed by atoms with Gasteiger partial charge in [-0.15, -0.1) is 0 Å². The molecule has 0 saturated heterocycles. The Morgan fingerprint density at radius 1 is 0.875 bits per heavy atom. The molecule has 0 saturated carbocycles. The number of nitrogens with one attached hydrogen (secondary N) is 1. The van der Waals surface area contributed by atoms with E-state index in [1.165, 1.54) is 39.7 Å². The Morgan fingerprint density at radius 3 is 2.25 bits per heavy atom. The summed E-state index contributed by atoms with van der Waals surface area (Å²) < 4.78 is 33.0. The maximum absolute atomic E-state index is 12.8. The summed E-state index contributed by atoms with van der Waals surface area (Å²) in [5.41, 5.74) is 3.27. The van der Waals surface area contributed by atoms with Crippen LogP contribution in [0.2, 0.25) is 0 Å². The molecule has 0 aromatic heterocycles. The first kappa shape index (κ1) is 26.4. The van der Waals surface area contributed by atoms with Crippen LogP contribution in [-0.2, 0) is 4.79 Å². The average Bonchev–Trinajstić information content (AvgIpc) is 2.99. The topological polar surface area (TPSA) is 114 Å². The van der Waals surface area contributed by atoms with Crippen molar-refractivity contribution in [2.24, 2.45) is 5.10 Å². The number of hydrazone groups is 1. The zero-order valence-corrected chi connectivity index (χ0v) is 22.0. The van der Waals surface area contributed by atoms with E-state index in [9.17, 15) is 9.59 Å². The maximum atomic E-state index is 12.8. The number of hydrogen-bond donors (Lipinski definition) is 1. The molecule has 204 valence electrons. The molecule has 1 atom stereocenters. The van der Waals surface area contributed by atoms with E-state index in [2.05, 4.69) is 10.5 Å². The molecule has 1 amide bonds. The molecule has 1 N–H and O–H groups in total. The highest BCUT2D eigenvalue weighted by molar-refractivity contribution is 5.93. The van der Waals surface area contributed by atoms with Gasteiger partial charge in [-0.05, 0) is 52.7 Å². The quantitative estimate of drug-likeness (QED) is 0.151. The molecule has 5 rings (SSSR count). The van der Waals surface area contributed by atoms with Gasteiger partial charge in [0.1, 0.15) is 12.4 Å². The fourth-order valence-corrected chi connectivity index (χ4v) is 4.15. The highest BCUT2D eigenvalue weighted by Crippen LogP contribution is 2.38. The fourth-order valence-electron chi connectivity index (χ4n) is 4.15. The van der Waals surface area contributed by atoms with Crippen molar-refractivity contribution in [1.29, 1.82) is 0 Å². The van der Waals surface area contributed by atoms with Gasteiger partial charge in [-0.25, -0.2) is 10.2 Å². The van der Waals surface area contributed by atoms with Gasteiger partial charge >= 0.3 is 5.97 Å². The Balaban J connectivity index is 1.21. The number of fused-ring (bicyclic) bond motifs is 2. The molecule has 1 aliphatic rings. The monoisotopic (exact) mass is 542 g/mol. The van der Waals surface area contributed by atoms with Crippen LogP contribution in [0.25, 0.3) is 10.8 Å². The largest absolute Gasteiger partial charge is 0.493 e. The minimum absolute atomic E-state index is 0.0546. The molecule has 0 fully saturated rings. The third-order valence-corrected chi connectivity index (χ3v) is 6.12. The normalized spacial score (nSPS) is 14.0. The van der Waals surface area contributed by atoms with Gasteiger partial charge in [0.25, 0.3) is 5.91 Å². The average molecular weight is 543 g/mol. The molecule has 0 spiro atoms. The summed E-state index contributed by atoms with van der Waals surface area (Å²) in [7, 11) is 4.40. The predicted octanol–water partition coefficient (Wildman–Crippen LogP) is 4.37. The van der Waals surface area contributed by atoms with Crippen molar-refractivity contribution in [1.82, 2.24) is 5.43 Å². The van der Waals surface area contributed by atoms with Crippen LogP contribution in [0.1, 0.15) is 15.9 Å². The Bertz CT molecular complexity index is 1580. The molecular formula is C30H26N2O8. The lowest BCUT2D eigenvalue weighted by molar-refractivity contribution is -0.130. The van der Waals surface area contributed by atoms with Crippen LogP contribution in [0.3, 0.4) is 0 Å². The molecule has 0 bridgehead atoms. The maximum Gasteiger partial charge on any atom is 0.343 e. The van der Waals surface area contributed by atoms with Crippen LogP contribution in [0.5, 0.6) is 34.5 Å². The Hall–Kier alpha value is -5.25. The smallest absolute Gasteiger partial charge is 0.343 e. The summed E-state index contributed by atoms with van der Waals surface area (Å²) in [4.78, 5) is 25.5. The Morgan fingerprint density at radius 2 is 1.57 bits per heavy atom. The predicted molar refractivity (Wildman–Crippen MR) is 147 cm³/mol. The van der Waals surface area contributed by atoms with Gasteiger partial charge in [0.2, 0.25) is 11.9 Å². The van der Waals surface area contributed by atoms with Gasteiger partial charge in [-0.3, -0.25) is 4.79 Å². The van der Waals surface area contributed by atoms with E-state index in [0.717, 1.165) is 10.8 Å². The lowest BCUT2D eigenvalue weighted by Crippen LogP contribution is -2.42. The highest BCUT2D eigenvalue weighted by Gasteiger charge is 2.27. The summed E-state index contributed by atoms with van der Waals surface area (Å²) in [6.45, 7) is 0.0546. The summed E-state index contributed by atoms with van der Waals surface area (Å²) >= 11 is 0. The molecular weight excluding hydrogens is 516 g/mol. The van der Waals surface area contributed by atoms with Gasteiger partial charge in [0, 0.05) is 0 Å². The first-order valence-electron chi connectivity index (χ1n) is 12.3. The minimum atomic E-state index is -0.864. The second-order valence-electron chi connectivity index (χ2n) is 8.67. The van der Waals surface area contributed by atoms with Crippen LogP contribution in [0.15, 0.2) is 77.9 Å². The SMILES string of the molecule is COc1cc(C(=O)Oc2cccc(C=NNC(=O)C3COc4cc5ccccc5cc4O3)c2)cc(OC)c1OC. The van der Waals surface area contributed by atoms with E-state index < -0.39 is 18.0 Å². The van der Waals surface area contributed by atoms with Crippen molar-refractivity contribution in [2.45, 2.75) is 6.10 Å². The van der Waals surface area contributed by atoms with Crippen LogP contribution in [-0.4, -0.2) is 52.1 Å². The molecule has 1 aliphatic heterocycles. The molecule has 40 heavy (non-hydrogen) atoms. The van der Waals surface area contributed by atoms with Crippen LogP contribution < -0.4 is 33.8 Å². The first-order chi connectivity index (χ1) is 19.5. The Labute approximate surface area is 230 Å². The van der Waals surface area contributed by atoms with Gasteiger partial charge in [0.15, 0.2) is 23.0 Å². The van der Waals surface area contributed by atoms with Crippen LogP contribution >= 0.6 is 0 Å². The third kappa shape index (κ3) is 5.60. The molecule has 0 radical (unpaired) electrons. The van der Waals surface area contributed by atoms with Crippen LogP contribution in [0, 0.1) is 0 Å². The number of methoxy groups -OCH3 is 3. The lowest BCUT2D eigenvalue weighted by Gasteiger charge is -2.25. The highest BCUT2D eigenvalue weighted by atomic mass is 16.6. The van der Waals surface area contributed by atoms with E-state index >= 15 is 0 Å². The van der Waals surface area contributed by atoms with Crippen molar-refractivity contribution in [3.63, 3.8) is 0 Å². The van der Waals surface area contributed by atoms with E-state index in [-0.39, 0.29) is 17.9 Å². The number of esters is 1. The van der Waals surface area contributed by atoms with Crippen molar-refractivity contribution in [3.05, 3.63) is 83.9 Å². The van der Waals surface area contributed by atoms with E-state index in [4.69, 9.17) is 28.4 Å². The summed E-state index contributed by atoms with van der Waals surface area (Å²) in [5.74, 6) is 1.31. The second-order valence-corrected chi connectivity index (χ2v) is 8.67. The Kier molecular flexibility index (Phi) is 7.68. The van der Waals surface area contributed by atoms with E-state index in [1.54, 1.807) is 24.3 Å². The molecule has 4 aromatic carbocycles. The molecule has 0 aliphatic carbocycles. The molecule has 1 heterocycles. The van der Waals surface area contributed by atoms with Gasteiger partial charge in [0.05, 0.1) is 33.1 Å². The third-order valence-electron chi connectivity index (χ3n) is 6.12. The number of carbonyl (C=O) groups excluding carboxylic acids is 2. The first-order valence-corrected chi connectivity index (χ1v) is 12.3. The van der Waals surface area contributed by atoms with Gasteiger partial charge < -0.3 is 28.4 Å². The fraction of sp³-hybridized carbons (Fsp3) is 0.167.